The Balaban J connectivity index is 1.66. The first-order chi connectivity index (χ1) is 11.4. The zero-order valence-electron chi connectivity index (χ0n) is 14.1. The molecule has 3 rings (SSSR count). The number of nitrogens with zero attached hydrogens (tertiary/aromatic N) is 2. The lowest BCUT2D eigenvalue weighted by atomic mass is 9.99. The molecule has 1 atom stereocenters. The van der Waals surface area contributed by atoms with Crippen LogP contribution in [0.4, 0.5) is 4.39 Å². The fourth-order valence-electron chi connectivity index (χ4n) is 2.64. The van der Waals surface area contributed by atoms with Gasteiger partial charge in [0.05, 0.1) is 5.69 Å². The summed E-state index contributed by atoms with van der Waals surface area (Å²) in [6, 6.07) is 6.49. The van der Waals surface area contributed by atoms with Gasteiger partial charge in [-0.2, -0.15) is 0 Å². The van der Waals surface area contributed by atoms with E-state index in [0.717, 1.165) is 16.3 Å². The van der Waals surface area contributed by atoms with Crippen LogP contribution in [-0.2, 0) is 4.79 Å². The smallest absolute Gasteiger partial charge is 0.246 e. The van der Waals surface area contributed by atoms with Gasteiger partial charge in [0.15, 0.2) is 0 Å². The van der Waals surface area contributed by atoms with E-state index in [0.29, 0.717) is 0 Å². The van der Waals surface area contributed by atoms with E-state index in [4.69, 9.17) is 0 Å². The van der Waals surface area contributed by atoms with Crippen molar-refractivity contribution >= 4 is 23.3 Å². The van der Waals surface area contributed by atoms with Crippen molar-refractivity contribution in [2.45, 2.75) is 32.7 Å². The number of thiazole rings is 1. The van der Waals surface area contributed by atoms with Crippen LogP contribution in [0.5, 0.6) is 0 Å². The number of carbonyl (C=O) groups is 1. The quantitative estimate of drug-likeness (QED) is 0.742. The van der Waals surface area contributed by atoms with E-state index in [9.17, 15) is 9.18 Å². The highest BCUT2D eigenvalue weighted by atomic mass is 32.1. The second-order valence-electron chi connectivity index (χ2n) is 6.70. The molecule has 5 heteroatoms. The first-order valence-corrected chi connectivity index (χ1v) is 8.93. The van der Waals surface area contributed by atoms with Crippen LogP contribution in [0.1, 0.15) is 32.4 Å². The number of halogens is 1. The van der Waals surface area contributed by atoms with Crippen LogP contribution in [0.25, 0.3) is 16.6 Å². The second kappa shape index (κ2) is 6.48. The van der Waals surface area contributed by atoms with Crippen LogP contribution in [-0.4, -0.2) is 28.9 Å². The minimum Gasteiger partial charge on any atom is -0.339 e. The molecule has 0 bridgehead atoms. The summed E-state index contributed by atoms with van der Waals surface area (Å²) in [5.41, 5.74) is 1.89. The summed E-state index contributed by atoms with van der Waals surface area (Å²) in [4.78, 5) is 18.6. The van der Waals surface area contributed by atoms with E-state index in [1.54, 1.807) is 29.2 Å². The van der Waals surface area contributed by atoms with Crippen LogP contribution in [0, 0.1) is 11.2 Å². The summed E-state index contributed by atoms with van der Waals surface area (Å²) >= 11 is 1.48. The standard InChI is InChI=1S/C19H21FN2OS/c1-13(19(2)10-11-19)22(3)17(23)9-8-16-12-24-18(21-16)14-4-6-15(20)7-5-14/h4-9,12-13H,10-11H2,1-3H3/b9-8-/t13-/m1/s1. The van der Waals surface area contributed by atoms with Crippen molar-refractivity contribution in [3.05, 3.63) is 47.2 Å². The molecule has 0 saturated heterocycles. The molecule has 126 valence electrons. The molecule has 0 N–H and O–H groups in total. The Morgan fingerprint density at radius 3 is 2.67 bits per heavy atom. The molecule has 0 spiro atoms. The fourth-order valence-corrected chi connectivity index (χ4v) is 3.43. The lowest BCUT2D eigenvalue weighted by Gasteiger charge is -2.29. The number of aromatic nitrogens is 1. The largest absolute Gasteiger partial charge is 0.339 e. The van der Waals surface area contributed by atoms with Gasteiger partial charge in [0.25, 0.3) is 0 Å². The van der Waals surface area contributed by atoms with E-state index in [1.807, 2.05) is 12.4 Å². The second-order valence-corrected chi connectivity index (χ2v) is 7.55. The maximum absolute atomic E-state index is 13.0. The zero-order valence-corrected chi connectivity index (χ0v) is 14.9. The number of hydrogen-bond acceptors (Lipinski definition) is 3. The van der Waals surface area contributed by atoms with Gasteiger partial charge in [-0.25, -0.2) is 9.37 Å². The van der Waals surface area contributed by atoms with E-state index in [-0.39, 0.29) is 23.2 Å². The van der Waals surface area contributed by atoms with E-state index in [2.05, 4.69) is 18.8 Å². The number of amides is 1. The van der Waals surface area contributed by atoms with Gasteiger partial charge in [-0.05, 0) is 55.5 Å². The van der Waals surface area contributed by atoms with Gasteiger partial charge in [-0.1, -0.05) is 6.92 Å². The van der Waals surface area contributed by atoms with Crippen molar-refractivity contribution in [1.82, 2.24) is 9.88 Å². The predicted octanol–water partition coefficient (Wildman–Crippen LogP) is 4.61. The van der Waals surface area contributed by atoms with Gasteiger partial charge >= 0.3 is 0 Å². The molecule has 3 nitrogen and oxygen atoms in total. The molecule has 24 heavy (non-hydrogen) atoms. The highest BCUT2D eigenvalue weighted by molar-refractivity contribution is 7.13. The third-order valence-corrected chi connectivity index (χ3v) is 5.90. The molecule has 0 radical (unpaired) electrons. The zero-order chi connectivity index (χ0) is 17.3. The Morgan fingerprint density at radius 2 is 2.04 bits per heavy atom. The lowest BCUT2D eigenvalue weighted by molar-refractivity contribution is -0.127. The summed E-state index contributed by atoms with van der Waals surface area (Å²) in [5, 5.41) is 2.71. The van der Waals surface area contributed by atoms with Crippen molar-refractivity contribution in [1.29, 1.82) is 0 Å². The summed E-state index contributed by atoms with van der Waals surface area (Å²) in [6.45, 7) is 4.33. The predicted molar refractivity (Wildman–Crippen MR) is 96.1 cm³/mol. The van der Waals surface area contributed by atoms with Crippen LogP contribution in [0.3, 0.4) is 0 Å². The Bertz CT molecular complexity index is 762. The monoisotopic (exact) mass is 344 g/mol. The van der Waals surface area contributed by atoms with Gasteiger partial charge in [-0.3, -0.25) is 4.79 Å². The molecule has 1 aliphatic rings. The Labute approximate surface area is 145 Å². The van der Waals surface area contributed by atoms with E-state index in [1.165, 1.54) is 36.3 Å². The van der Waals surface area contributed by atoms with Crippen molar-refractivity contribution in [2.24, 2.45) is 5.41 Å². The highest BCUT2D eigenvalue weighted by Crippen LogP contribution is 2.49. The van der Waals surface area contributed by atoms with Gasteiger partial charge in [0, 0.05) is 30.1 Å². The van der Waals surface area contributed by atoms with Crippen molar-refractivity contribution < 1.29 is 9.18 Å². The number of hydrogen-bond donors (Lipinski definition) is 0. The lowest BCUT2D eigenvalue weighted by Crippen LogP contribution is -2.39. The van der Waals surface area contributed by atoms with Crippen LogP contribution >= 0.6 is 11.3 Å². The molecule has 2 aromatic rings. The number of carbonyl (C=O) groups excluding carboxylic acids is 1. The average Bonchev–Trinajstić information content (AvgIpc) is 3.16. The summed E-state index contributed by atoms with van der Waals surface area (Å²) < 4.78 is 13.0. The van der Waals surface area contributed by atoms with Crippen molar-refractivity contribution in [3.8, 4) is 10.6 Å². The molecule has 1 heterocycles. The van der Waals surface area contributed by atoms with Gasteiger partial charge in [0.2, 0.25) is 5.91 Å². The van der Waals surface area contributed by atoms with Crippen LogP contribution < -0.4 is 0 Å². The summed E-state index contributed by atoms with van der Waals surface area (Å²) in [6.07, 6.45) is 5.68. The molecule has 0 unspecified atom stereocenters. The van der Waals surface area contributed by atoms with Gasteiger partial charge in [0.1, 0.15) is 10.8 Å². The Morgan fingerprint density at radius 1 is 1.38 bits per heavy atom. The molecule has 0 aliphatic heterocycles. The van der Waals surface area contributed by atoms with Crippen molar-refractivity contribution in [2.75, 3.05) is 7.05 Å². The molecule has 1 aromatic heterocycles. The number of benzene rings is 1. The molecule has 1 saturated carbocycles. The van der Waals surface area contributed by atoms with E-state index >= 15 is 0 Å². The third-order valence-electron chi connectivity index (χ3n) is 4.99. The maximum Gasteiger partial charge on any atom is 0.246 e. The minimum atomic E-state index is -0.262. The maximum atomic E-state index is 13.0. The molecule has 1 aliphatic carbocycles. The van der Waals surface area contributed by atoms with E-state index < -0.39 is 0 Å². The fraction of sp³-hybridized carbons (Fsp3) is 0.368. The van der Waals surface area contributed by atoms with Crippen LogP contribution in [0.15, 0.2) is 35.7 Å². The summed E-state index contributed by atoms with van der Waals surface area (Å²) in [7, 11) is 1.85. The number of likely N-dealkylation sites (N-methyl/N-ethyl adjacent to an activating group) is 1. The SMILES string of the molecule is C[C@@H](N(C)C(=O)/C=C\c1csc(-c2ccc(F)cc2)n1)C1(C)CC1. The molecule has 1 fully saturated rings. The van der Waals surface area contributed by atoms with Gasteiger partial charge in [-0.15, -0.1) is 11.3 Å². The summed E-state index contributed by atoms with van der Waals surface area (Å²) in [5.74, 6) is -0.269. The Kier molecular flexibility index (Phi) is 4.54. The highest BCUT2D eigenvalue weighted by Gasteiger charge is 2.44. The topological polar surface area (TPSA) is 33.2 Å². The third kappa shape index (κ3) is 3.56. The first kappa shape index (κ1) is 16.8. The molecule has 1 aromatic carbocycles. The van der Waals surface area contributed by atoms with Gasteiger partial charge < -0.3 is 4.90 Å². The van der Waals surface area contributed by atoms with Crippen LogP contribution in [0.2, 0.25) is 0 Å². The number of rotatable bonds is 5. The normalized spacial score (nSPS) is 17.0. The molecular weight excluding hydrogens is 323 g/mol. The van der Waals surface area contributed by atoms with Crippen molar-refractivity contribution in [3.63, 3.8) is 0 Å². The average molecular weight is 344 g/mol. The minimum absolute atomic E-state index is 0.00745. The first-order valence-electron chi connectivity index (χ1n) is 8.05. The molecular formula is C19H21FN2OS. The Hall–Kier alpha value is -2.01. The molecule has 1 amide bonds.